The lowest BCUT2D eigenvalue weighted by molar-refractivity contribution is -0.211. The number of hydrogen-bond acceptors (Lipinski definition) is 4. The number of anilines is 1. The fourth-order valence-electron chi connectivity index (χ4n) is 7.88. The van der Waals surface area contributed by atoms with Gasteiger partial charge in [0.25, 0.3) is 0 Å². The minimum absolute atomic E-state index is 0.126. The summed E-state index contributed by atoms with van der Waals surface area (Å²) >= 11 is 0. The predicted octanol–water partition coefficient (Wildman–Crippen LogP) is 1.55. The van der Waals surface area contributed by atoms with Crippen molar-refractivity contribution < 1.29 is 10.2 Å². The van der Waals surface area contributed by atoms with Gasteiger partial charge in [-0.25, -0.2) is 0 Å². The van der Waals surface area contributed by atoms with Crippen molar-refractivity contribution in [3.8, 4) is 0 Å². The number of likely N-dealkylation sites (N-methyl/N-ethyl adjacent to an activating group) is 1. The maximum atomic E-state index is 11.6. The van der Waals surface area contributed by atoms with Crippen LogP contribution in [-0.4, -0.2) is 52.6 Å². The van der Waals surface area contributed by atoms with E-state index in [2.05, 4.69) is 48.0 Å². The standard InChI is InChI=1S/C20H26N2O2/c1-3-10-11-8-14-17-20(12-6-4-5-7-13(12)21(17)2)9-15(16(11)18(20)23)22(14)19(10)24/h4-7,10-11,14-19,23-24H,3,8-9H2,1-2H3/t10-,11?,14?,15?,16?,17-,18?,19+,20?/m0/s1. The maximum absolute atomic E-state index is 11.6. The molecule has 5 bridgehead atoms. The third kappa shape index (κ3) is 1.20. The lowest BCUT2D eigenvalue weighted by Crippen LogP contribution is -2.72. The van der Waals surface area contributed by atoms with Crippen molar-refractivity contribution in [2.45, 2.75) is 62.1 Å². The molecule has 4 nitrogen and oxygen atoms in total. The number of nitrogens with zero attached hydrogens (tertiary/aromatic N) is 2. The van der Waals surface area contributed by atoms with Crippen molar-refractivity contribution in [1.29, 1.82) is 0 Å². The number of fused-ring (bicyclic) bond motifs is 2. The molecule has 24 heavy (non-hydrogen) atoms. The summed E-state index contributed by atoms with van der Waals surface area (Å²) in [6.45, 7) is 2.19. The molecule has 6 aliphatic rings. The largest absolute Gasteiger partial charge is 0.392 e. The maximum Gasteiger partial charge on any atom is 0.111 e. The summed E-state index contributed by atoms with van der Waals surface area (Å²) in [5.41, 5.74) is 2.51. The number of rotatable bonds is 1. The first-order chi connectivity index (χ1) is 11.6. The average molecular weight is 326 g/mol. The molecular weight excluding hydrogens is 300 g/mol. The first-order valence-corrected chi connectivity index (χ1v) is 9.57. The first kappa shape index (κ1) is 14.1. The highest BCUT2D eigenvalue weighted by Crippen LogP contribution is 2.68. The minimum atomic E-state index is -0.319. The summed E-state index contributed by atoms with van der Waals surface area (Å²) in [5.74, 6) is 1.14. The van der Waals surface area contributed by atoms with Crippen molar-refractivity contribution in [1.82, 2.24) is 4.90 Å². The predicted molar refractivity (Wildman–Crippen MR) is 91.7 cm³/mol. The molecule has 5 aliphatic heterocycles. The van der Waals surface area contributed by atoms with E-state index in [1.54, 1.807) is 0 Å². The molecule has 1 spiro atoms. The van der Waals surface area contributed by atoms with Gasteiger partial charge in [-0.3, -0.25) is 4.90 Å². The van der Waals surface area contributed by atoms with E-state index in [0.29, 0.717) is 35.9 Å². The topological polar surface area (TPSA) is 46.9 Å². The Labute approximate surface area is 143 Å². The number of piperidine rings is 4. The molecular formula is C20H26N2O2. The molecule has 7 rings (SSSR count). The summed E-state index contributed by atoms with van der Waals surface area (Å²) in [6.07, 6.45) is 2.56. The number of aliphatic hydroxyl groups is 2. The monoisotopic (exact) mass is 326 g/mol. The Morgan fingerprint density at radius 3 is 2.79 bits per heavy atom. The van der Waals surface area contributed by atoms with E-state index in [-0.39, 0.29) is 17.7 Å². The van der Waals surface area contributed by atoms with Crippen molar-refractivity contribution in [2.24, 2.45) is 17.8 Å². The van der Waals surface area contributed by atoms with Gasteiger partial charge < -0.3 is 15.1 Å². The number of aliphatic hydroxyl groups excluding tert-OH is 2. The van der Waals surface area contributed by atoms with Crippen LogP contribution < -0.4 is 4.90 Å². The molecule has 2 N–H and O–H groups in total. The van der Waals surface area contributed by atoms with Gasteiger partial charge in [0.2, 0.25) is 0 Å². The van der Waals surface area contributed by atoms with E-state index >= 15 is 0 Å². The molecule has 4 heteroatoms. The summed E-state index contributed by atoms with van der Waals surface area (Å²) in [6, 6.07) is 9.70. The van der Waals surface area contributed by atoms with E-state index in [0.717, 1.165) is 19.3 Å². The van der Waals surface area contributed by atoms with Crippen molar-refractivity contribution in [3.63, 3.8) is 0 Å². The molecule has 1 aliphatic carbocycles. The minimum Gasteiger partial charge on any atom is -0.392 e. The second kappa shape index (κ2) is 4.17. The Morgan fingerprint density at radius 2 is 2.00 bits per heavy atom. The molecule has 0 amide bonds. The fraction of sp³-hybridized carbons (Fsp3) is 0.700. The Kier molecular flexibility index (Phi) is 2.45. The number of benzene rings is 1. The first-order valence-electron chi connectivity index (χ1n) is 9.57. The lowest BCUT2D eigenvalue weighted by atomic mass is 9.62. The van der Waals surface area contributed by atoms with Crippen LogP contribution in [0.15, 0.2) is 24.3 Å². The molecule has 1 aromatic rings. The van der Waals surface area contributed by atoms with Crippen LogP contribution in [-0.2, 0) is 5.41 Å². The quantitative estimate of drug-likeness (QED) is 0.822. The number of para-hydroxylation sites is 1. The van der Waals surface area contributed by atoms with Gasteiger partial charge in [0, 0.05) is 42.1 Å². The van der Waals surface area contributed by atoms with Gasteiger partial charge in [0.15, 0.2) is 0 Å². The smallest absolute Gasteiger partial charge is 0.111 e. The van der Waals surface area contributed by atoms with E-state index in [4.69, 9.17) is 0 Å². The van der Waals surface area contributed by atoms with Gasteiger partial charge in [-0.2, -0.15) is 0 Å². The molecule has 5 heterocycles. The Bertz CT molecular complexity index is 723. The van der Waals surface area contributed by atoms with Crippen LogP contribution >= 0.6 is 0 Å². The van der Waals surface area contributed by atoms with E-state index in [9.17, 15) is 10.2 Å². The third-order valence-electron chi connectivity index (χ3n) is 8.46. The van der Waals surface area contributed by atoms with Gasteiger partial charge in [-0.05, 0) is 36.8 Å². The Morgan fingerprint density at radius 1 is 1.21 bits per heavy atom. The molecule has 0 radical (unpaired) electrons. The van der Waals surface area contributed by atoms with Crippen molar-refractivity contribution in [3.05, 3.63) is 29.8 Å². The summed E-state index contributed by atoms with van der Waals surface area (Å²) in [7, 11) is 2.19. The average Bonchev–Trinajstić information content (AvgIpc) is 2.97. The highest BCUT2D eigenvalue weighted by Gasteiger charge is 2.76. The zero-order valence-electron chi connectivity index (χ0n) is 14.3. The number of hydrogen-bond donors (Lipinski definition) is 2. The summed E-state index contributed by atoms with van der Waals surface area (Å²) < 4.78 is 0. The van der Waals surface area contributed by atoms with Crippen molar-refractivity contribution >= 4 is 5.69 Å². The molecule has 1 aromatic carbocycles. The second-order valence-electron chi connectivity index (χ2n) is 8.81. The SMILES string of the molecule is CC[C@H]1C2CC3[C@@H]4N(C)c5ccccc5C45CC(C2C5O)N3[C@@H]1O. The molecule has 0 aromatic heterocycles. The Balaban J connectivity index is 1.60. The van der Waals surface area contributed by atoms with E-state index < -0.39 is 0 Å². The van der Waals surface area contributed by atoms with Crippen LogP contribution in [0.2, 0.25) is 0 Å². The van der Waals surface area contributed by atoms with Gasteiger partial charge in [-0.1, -0.05) is 25.1 Å². The molecule has 128 valence electrons. The van der Waals surface area contributed by atoms with Gasteiger partial charge in [0.1, 0.15) is 6.23 Å². The zero-order valence-corrected chi connectivity index (χ0v) is 14.3. The van der Waals surface area contributed by atoms with Crippen LogP contribution in [0.3, 0.4) is 0 Å². The van der Waals surface area contributed by atoms with Crippen LogP contribution in [0.5, 0.6) is 0 Å². The highest BCUT2D eigenvalue weighted by atomic mass is 16.3. The highest BCUT2D eigenvalue weighted by molar-refractivity contribution is 5.67. The summed E-state index contributed by atoms with van der Waals surface area (Å²) in [5, 5.41) is 22.6. The van der Waals surface area contributed by atoms with Gasteiger partial charge >= 0.3 is 0 Å². The fourth-order valence-corrected chi connectivity index (χ4v) is 7.88. The molecule has 5 fully saturated rings. The normalized spacial score (nSPS) is 55.8. The third-order valence-corrected chi connectivity index (χ3v) is 8.46. The van der Waals surface area contributed by atoms with Crippen LogP contribution in [0.25, 0.3) is 0 Å². The van der Waals surface area contributed by atoms with Gasteiger partial charge in [0.05, 0.1) is 12.1 Å². The van der Waals surface area contributed by atoms with Crippen LogP contribution in [0, 0.1) is 17.8 Å². The zero-order chi connectivity index (χ0) is 16.4. The molecule has 7 unspecified atom stereocenters. The molecule has 4 saturated heterocycles. The van der Waals surface area contributed by atoms with E-state index in [1.807, 2.05) is 0 Å². The molecule has 10 atom stereocenters. The van der Waals surface area contributed by atoms with Crippen LogP contribution in [0.1, 0.15) is 31.7 Å². The van der Waals surface area contributed by atoms with Crippen LogP contribution in [0.4, 0.5) is 5.69 Å². The summed E-state index contributed by atoms with van der Waals surface area (Å²) in [4.78, 5) is 4.83. The van der Waals surface area contributed by atoms with Gasteiger partial charge in [-0.15, -0.1) is 0 Å². The van der Waals surface area contributed by atoms with Crippen molar-refractivity contribution in [2.75, 3.05) is 11.9 Å². The lowest BCUT2D eigenvalue weighted by Gasteiger charge is -2.62. The molecule has 1 saturated carbocycles. The Hall–Kier alpha value is -1.10. The second-order valence-corrected chi connectivity index (χ2v) is 8.81. The van der Waals surface area contributed by atoms with E-state index in [1.165, 1.54) is 11.3 Å².